The monoisotopic (exact) mass is 235 g/mol. The van der Waals surface area contributed by atoms with Crippen LogP contribution in [-0.4, -0.2) is 23.5 Å². The third-order valence-electron chi connectivity index (χ3n) is 2.43. The fourth-order valence-electron chi connectivity index (χ4n) is 1.59. The third kappa shape index (κ3) is 2.45. The lowest BCUT2D eigenvalue weighted by molar-refractivity contribution is 0.0947. The van der Waals surface area contributed by atoms with E-state index < -0.39 is 0 Å². The maximum atomic E-state index is 13.4. The predicted molar refractivity (Wildman–Crippen MR) is 64.2 cm³/mol. The summed E-state index contributed by atoms with van der Waals surface area (Å²) in [5.74, 6) is -0.647. The molecular formula is C12H14FN3O. The van der Waals surface area contributed by atoms with Crippen molar-refractivity contribution in [1.82, 2.24) is 10.3 Å². The van der Waals surface area contributed by atoms with Crippen LogP contribution in [0.3, 0.4) is 0 Å². The number of fused-ring (bicyclic) bond motifs is 1. The second-order valence-corrected chi connectivity index (χ2v) is 4.07. The summed E-state index contributed by atoms with van der Waals surface area (Å²) in [4.78, 5) is 14.5. The molecule has 1 heterocycles. The lowest BCUT2D eigenvalue weighted by atomic mass is 10.2. The van der Waals surface area contributed by atoms with Crippen LogP contribution in [-0.2, 0) is 0 Å². The lowest BCUT2D eigenvalue weighted by Crippen LogP contribution is -2.35. The second kappa shape index (κ2) is 4.55. The van der Waals surface area contributed by atoms with Gasteiger partial charge in [-0.1, -0.05) is 12.1 Å². The van der Waals surface area contributed by atoms with E-state index in [1.54, 1.807) is 25.1 Å². The molecule has 0 aliphatic rings. The van der Waals surface area contributed by atoms with Crippen molar-refractivity contribution in [3.05, 3.63) is 35.8 Å². The molecule has 4 N–H and O–H groups in total. The van der Waals surface area contributed by atoms with E-state index in [-0.39, 0.29) is 17.8 Å². The number of hydrogen-bond donors (Lipinski definition) is 3. The van der Waals surface area contributed by atoms with Crippen molar-refractivity contribution in [2.24, 2.45) is 5.73 Å². The van der Waals surface area contributed by atoms with Gasteiger partial charge in [-0.05, 0) is 19.1 Å². The zero-order chi connectivity index (χ0) is 12.4. The van der Waals surface area contributed by atoms with Gasteiger partial charge in [0.25, 0.3) is 5.91 Å². The zero-order valence-corrected chi connectivity index (χ0v) is 9.46. The van der Waals surface area contributed by atoms with Crippen LogP contribution in [0.1, 0.15) is 17.4 Å². The fraction of sp³-hybridized carbons (Fsp3) is 0.250. The van der Waals surface area contributed by atoms with Gasteiger partial charge in [-0.3, -0.25) is 4.79 Å². The smallest absolute Gasteiger partial charge is 0.267 e. The van der Waals surface area contributed by atoms with E-state index in [9.17, 15) is 9.18 Å². The van der Waals surface area contributed by atoms with Gasteiger partial charge in [0.2, 0.25) is 0 Å². The van der Waals surface area contributed by atoms with Crippen LogP contribution < -0.4 is 11.1 Å². The Bertz CT molecular complexity index is 548. The first-order valence-corrected chi connectivity index (χ1v) is 5.39. The summed E-state index contributed by atoms with van der Waals surface area (Å²) < 4.78 is 13.4. The number of nitrogens with two attached hydrogens (primary N) is 1. The fourth-order valence-corrected chi connectivity index (χ4v) is 1.59. The van der Waals surface area contributed by atoms with Crippen molar-refractivity contribution in [1.29, 1.82) is 0 Å². The highest BCUT2D eigenvalue weighted by atomic mass is 19.1. The zero-order valence-electron chi connectivity index (χ0n) is 9.46. The van der Waals surface area contributed by atoms with E-state index >= 15 is 0 Å². The number of nitrogens with one attached hydrogen (secondary N) is 2. The molecule has 1 aromatic carbocycles. The molecule has 4 nitrogen and oxygen atoms in total. The highest BCUT2D eigenvalue weighted by Crippen LogP contribution is 2.18. The number of aromatic nitrogens is 1. The summed E-state index contributed by atoms with van der Waals surface area (Å²) in [5.41, 5.74) is 6.22. The molecule has 0 aliphatic heterocycles. The largest absolute Gasteiger partial charge is 0.349 e. The van der Waals surface area contributed by atoms with Crippen molar-refractivity contribution in [3.8, 4) is 0 Å². The van der Waals surface area contributed by atoms with Crippen LogP contribution in [0.25, 0.3) is 10.9 Å². The first kappa shape index (κ1) is 11.6. The number of carbonyl (C=O) groups is 1. The molecule has 2 aromatic rings. The highest BCUT2D eigenvalue weighted by Gasteiger charge is 2.11. The highest BCUT2D eigenvalue weighted by molar-refractivity contribution is 5.98. The van der Waals surface area contributed by atoms with Crippen molar-refractivity contribution in [2.45, 2.75) is 13.0 Å². The number of rotatable bonds is 3. The second-order valence-electron chi connectivity index (χ2n) is 4.07. The summed E-state index contributed by atoms with van der Waals surface area (Å²) in [6.45, 7) is 2.18. The van der Waals surface area contributed by atoms with E-state index in [2.05, 4.69) is 10.3 Å². The molecule has 17 heavy (non-hydrogen) atoms. The summed E-state index contributed by atoms with van der Waals surface area (Å²) >= 11 is 0. The Labute approximate surface area is 98.0 Å². The van der Waals surface area contributed by atoms with Crippen molar-refractivity contribution in [2.75, 3.05) is 6.54 Å². The average molecular weight is 235 g/mol. The van der Waals surface area contributed by atoms with E-state index in [0.717, 1.165) is 0 Å². The molecule has 0 fully saturated rings. The van der Waals surface area contributed by atoms with Gasteiger partial charge in [-0.2, -0.15) is 0 Å². The number of carbonyl (C=O) groups excluding carboxylic acids is 1. The van der Waals surface area contributed by atoms with Crippen LogP contribution in [0.2, 0.25) is 0 Å². The van der Waals surface area contributed by atoms with Crippen LogP contribution in [0, 0.1) is 5.82 Å². The van der Waals surface area contributed by atoms with Crippen LogP contribution in [0.15, 0.2) is 24.3 Å². The Morgan fingerprint density at radius 1 is 1.59 bits per heavy atom. The normalized spacial score (nSPS) is 12.6. The van der Waals surface area contributed by atoms with Crippen molar-refractivity contribution >= 4 is 16.8 Å². The average Bonchev–Trinajstić information content (AvgIpc) is 2.71. The molecule has 1 amide bonds. The predicted octanol–water partition coefficient (Wildman–Crippen LogP) is 1.38. The molecule has 1 unspecified atom stereocenters. The van der Waals surface area contributed by atoms with E-state index in [1.165, 1.54) is 6.07 Å². The molecule has 0 spiro atoms. The molecule has 90 valence electrons. The summed E-state index contributed by atoms with van der Waals surface area (Å²) in [7, 11) is 0. The maximum absolute atomic E-state index is 13.4. The Morgan fingerprint density at radius 2 is 2.35 bits per heavy atom. The van der Waals surface area contributed by atoms with Gasteiger partial charge in [-0.25, -0.2) is 4.39 Å². The molecule has 5 heteroatoms. The lowest BCUT2D eigenvalue weighted by Gasteiger charge is -2.05. The Kier molecular flexibility index (Phi) is 3.10. The third-order valence-corrected chi connectivity index (χ3v) is 2.43. The van der Waals surface area contributed by atoms with Gasteiger partial charge >= 0.3 is 0 Å². The Balaban J connectivity index is 2.24. The number of hydrogen-bond acceptors (Lipinski definition) is 2. The minimum absolute atomic E-state index is 0.111. The van der Waals surface area contributed by atoms with E-state index in [0.29, 0.717) is 23.1 Å². The van der Waals surface area contributed by atoms with Crippen LogP contribution in [0.5, 0.6) is 0 Å². The first-order valence-electron chi connectivity index (χ1n) is 5.39. The van der Waals surface area contributed by atoms with Crippen LogP contribution >= 0.6 is 0 Å². The minimum Gasteiger partial charge on any atom is -0.349 e. The number of halogens is 1. The van der Waals surface area contributed by atoms with Gasteiger partial charge < -0.3 is 16.0 Å². The molecule has 0 aliphatic carbocycles. The SMILES string of the molecule is CC(N)CNC(=O)c1cc2cccc(F)c2[nH]1. The number of amides is 1. The molecule has 0 bridgehead atoms. The van der Waals surface area contributed by atoms with E-state index in [1.807, 2.05) is 0 Å². The quantitative estimate of drug-likeness (QED) is 0.752. The maximum Gasteiger partial charge on any atom is 0.267 e. The standard InChI is InChI=1S/C12H14FN3O/c1-7(14)6-15-12(17)10-5-8-3-2-4-9(13)11(8)16-10/h2-5,7,16H,6,14H2,1H3,(H,15,17). The van der Waals surface area contributed by atoms with Crippen molar-refractivity contribution in [3.63, 3.8) is 0 Å². The summed E-state index contributed by atoms with van der Waals surface area (Å²) in [5, 5.41) is 3.34. The van der Waals surface area contributed by atoms with Gasteiger partial charge in [0.05, 0.1) is 5.52 Å². The molecular weight excluding hydrogens is 221 g/mol. The van der Waals surface area contributed by atoms with Gasteiger partial charge in [0.1, 0.15) is 11.5 Å². The molecule has 0 saturated carbocycles. The number of para-hydroxylation sites is 1. The summed E-state index contributed by atoms with van der Waals surface area (Å²) in [6.07, 6.45) is 0. The Morgan fingerprint density at radius 3 is 3.00 bits per heavy atom. The molecule has 0 saturated heterocycles. The number of benzene rings is 1. The number of H-pyrrole nitrogens is 1. The molecule has 2 rings (SSSR count). The van der Waals surface area contributed by atoms with E-state index in [4.69, 9.17) is 5.73 Å². The van der Waals surface area contributed by atoms with Crippen molar-refractivity contribution < 1.29 is 9.18 Å². The minimum atomic E-state index is -0.367. The molecule has 1 atom stereocenters. The topological polar surface area (TPSA) is 70.9 Å². The van der Waals surface area contributed by atoms with Gasteiger partial charge in [-0.15, -0.1) is 0 Å². The van der Waals surface area contributed by atoms with Gasteiger partial charge in [0.15, 0.2) is 0 Å². The number of aromatic amines is 1. The van der Waals surface area contributed by atoms with Crippen LogP contribution in [0.4, 0.5) is 4.39 Å². The summed E-state index contributed by atoms with van der Waals surface area (Å²) in [6, 6.07) is 6.21. The Hall–Kier alpha value is -1.88. The molecule has 1 aromatic heterocycles. The van der Waals surface area contributed by atoms with Gasteiger partial charge in [0, 0.05) is 18.0 Å². The first-order chi connectivity index (χ1) is 8.08. The molecule has 0 radical (unpaired) electrons.